The molecule has 200 valence electrons. The van der Waals surface area contributed by atoms with Crippen molar-refractivity contribution in [2.75, 3.05) is 13.1 Å². The van der Waals surface area contributed by atoms with E-state index in [4.69, 9.17) is 0 Å². The molecule has 1 atom stereocenters. The van der Waals surface area contributed by atoms with Gasteiger partial charge in [0, 0.05) is 68.5 Å². The van der Waals surface area contributed by atoms with E-state index >= 15 is 0 Å². The molecule has 1 aliphatic heterocycles. The van der Waals surface area contributed by atoms with Crippen molar-refractivity contribution in [1.29, 1.82) is 0 Å². The molecule has 5 rings (SSSR count). The number of hydrogen-bond donors (Lipinski definition) is 1. The number of para-hydroxylation sites is 1. The molecule has 1 unspecified atom stereocenters. The Morgan fingerprint density at radius 3 is 2.49 bits per heavy atom. The highest BCUT2D eigenvalue weighted by Gasteiger charge is 2.36. The number of aryl methyl sites for hydroxylation is 2. The molecule has 37 heavy (non-hydrogen) atoms. The van der Waals surface area contributed by atoms with E-state index in [9.17, 15) is 22.8 Å². The predicted octanol–water partition coefficient (Wildman–Crippen LogP) is 4.86. The van der Waals surface area contributed by atoms with E-state index < -0.39 is 12.6 Å². The summed E-state index contributed by atoms with van der Waals surface area (Å²) >= 11 is 0. The molecule has 6 nitrogen and oxygen atoms in total. The maximum Gasteiger partial charge on any atom is 0.389 e. The smallest absolute Gasteiger partial charge is 0.347 e. The third-order valence-corrected chi connectivity index (χ3v) is 7.00. The van der Waals surface area contributed by atoms with Gasteiger partial charge in [-0.1, -0.05) is 24.3 Å². The van der Waals surface area contributed by atoms with Gasteiger partial charge < -0.3 is 19.4 Å². The number of rotatable bonds is 7. The van der Waals surface area contributed by atoms with Gasteiger partial charge in [0.05, 0.1) is 5.92 Å². The molecule has 0 radical (unpaired) electrons. The van der Waals surface area contributed by atoms with E-state index in [1.165, 1.54) is 10.6 Å². The number of piperidine rings is 1. The van der Waals surface area contributed by atoms with E-state index in [2.05, 4.69) is 5.32 Å². The molecule has 0 spiro atoms. The fourth-order valence-corrected chi connectivity index (χ4v) is 4.85. The van der Waals surface area contributed by atoms with Crippen molar-refractivity contribution in [2.24, 2.45) is 13.0 Å². The van der Waals surface area contributed by atoms with Crippen molar-refractivity contribution >= 4 is 16.8 Å². The van der Waals surface area contributed by atoms with Crippen LogP contribution in [0.4, 0.5) is 13.2 Å². The Morgan fingerprint density at radius 1 is 1.11 bits per heavy atom. The van der Waals surface area contributed by atoms with E-state index in [1.54, 1.807) is 19.3 Å². The summed E-state index contributed by atoms with van der Waals surface area (Å²) < 4.78 is 41.1. The molecule has 3 heterocycles. The molecule has 0 bridgehead atoms. The second-order valence-corrected chi connectivity index (χ2v) is 9.97. The van der Waals surface area contributed by atoms with Crippen molar-refractivity contribution in [3.63, 3.8) is 0 Å². The number of fused-ring (bicyclic) bond motifs is 1. The fourth-order valence-electron chi connectivity index (χ4n) is 4.85. The first-order chi connectivity index (χ1) is 17.7. The third-order valence-electron chi connectivity index (χ3n) is 7.00. The largest absolute Gasteiger partial charge is 0.389 e. The van der Waals surface area contributed by atoms with Gasteiger partial charge in [0.25, 0.3) is 0 Å². The van der Waals surface area contributed by atoms with Gasteiger partial charge in [-0.3, -0.25) is 9.59 Å². The lowest BCUT2D eigenvalue weighted by Gasteiger charge is -2.29. The van der Waals surface area contributed by atoms with Crippen LogP contribution < -0.4 is 10.9 Å². The van der Waals surface area contributed by atoms with E-state index in [-0.39, 0.29) is 23.8 Å². The van der Waals surface area contributed by atoms with E-state index in [0.717, 1.165) is 55.2 Å². The van der Waals surface area contributed by atoms with Crippen LogP contribution in [-0.2, 0) is 24.9 Å². The lowest BCUT2D eigenvalue weighted by Crippen LogP contribution is -2.43. The molecule has 2 fully saturated rings. The number of carbonyl (C=O) groups excluding carboxylic acids is 1. The summed E-state index contributed by atoms with van der Waals surface area (Å²) in [6.07, 6.45) is 2.84. The van der Waals surface area contributed by atoms with E-state index in [1.807, 2.05) is 46.0 Å². The second kappa shape index (κ2) is 12.0. The number of amides is 1. The molecule has 1 saturated carbocycles. The zero-order valence-corrected chi connectivity index (χ0v) is 21.2. The highest BCUT2D eigenvalue weighted by atomic mass is 19.4. The van der Waals surface area contributed by atoms with Crippen LogP contribution in [0.1, 0.15) is 44.1 Å². The molecule has 1 N–H and O–H groups in total. The summed E-state index contributed by atoms with van der Waals surface area (Å²) in [6, 6.07) is 13.2. The average Bonchev–Trinajstić information content (AvgIpc) is 3.67. The van der Waals surface area contributed by atoms with Crippen LogP contribution in [0.15, 0.2) is 59.7 Å². The van der Waals surface area contributed by atoms with Gasteiger partial charge in [-0.15, -0.1) is 0 Å². The molecular formula is C28H35F3N4O2. The number of nitrogens with one attached hydrogen (secondary N) is 1. The molecule has 1 aliphatic carbocycles. The summed E-state index contributed by atoms with van der Waals surface area (Å²) in [7, 11) is 1.72. The topological polar surface area (TPSA) is 59.3 Å². The molecular weight excluding hydrogens is 481 g/mol. The first-order valence-corrected chi connectivity index (χ1v) is 13.0. The zero-order valence-electron chi connectivity index (χ0n) is 21.2. The normalized spacial score (nSPS) is 17.8. The van der Waals surface area contributed by atoms with Crippen molar-refractivity contribution < 1.29 is 18.0 Å². The van der Waals surface area contributed by atoms with Crippen LogP contribution in [0.2, 0.25) is 0 Å². The lowest BCUT2D eigenvalue weighted by molar-refractivity contribution is -0.137. The monoisotopic (exact) mass is 516 g/mol. The molecule has 1 amide bonds. The number of benzene rings is 1. The minimum atomic E-state index is -4.13. The number of hydrogen-bond acceptors (Lipinski definition) is 3. The van der Waals surface area contributed by atoms with Gasteiger partial charge in [-0.05, 0) is 56.3 Å². The zero-order chi connectivity index (χ0) is 26.4. The second-order valence-electron chi connectivity index (χ2n) is 9.97. The van der Waals surface area contributed by atoms with Gasteiger partial charge in [0.15, 0.2) is 0 Å². The minimum absolute atomic E-state index is 0.0319. The van der Waals surface area contributed by atoms with Crippen LogP contribution >= 0.6 is 0 Å². The Kier molecular flexibility index (Phi) is 8.74. The number of halogens is 3. The van der Waals surface area contributed by atoms with Crippen LogP contribution in [0, 0.1) is 5.92 Å². The fraction of sp³-hybridized carbons (Fsp3) is 0.500. The maximum atomic E-state index is 13.2. The standard InChI is InChI=1S/C22H28F3N3O.C6H7NO/c23-22(24,25)10-4-12-27-14-17(19-6-1-2-7-20(19)27)15-28(18-8-9-18)21(29)16-5-3-11-26-13-16;1-7-5-3-2-4-6(7)8/h1-2,6-7,14,16,18,26H,3-5,8-13,15H2;2-5H,1H3. The molecule has 3 aromatic rings. The van der Waals surface area contributed by atoms with Crippen LogP contribution in [-0.4, -0.2) is 45.2 Å². The summed E-state index contributed by atoms with van der Waals surface area (Å²) in [6.45, 7) is 2.57. The molecule has 9 heteroatoms. The van der Waals surface area contributed by atoms with Gasteiger partial charge >= 0.3 is 6.18 Å². The van der Waals surface area contributed by atoms with Crippen molar-refractivity contribution in [2.45, 2.75) is 63.8 Å². The number of aromatic nitrogens is 2. The molecule has 2 aliphatic rings. The molecule has 1 aromatic carbocycles. The highest BCUT2D eigenvalue weighted by molar-refractivity contribution is 5.85. The summed E-state index contributed by atoms with van der Waals surface area (Å²) in [4.78, 5) is 25.8. The Morgan fingerprint density at radius 2 is 1.86 bits per heavy atom. The first-order valence-electron chi connectivity index (χ1n) is 13.0. The van der Waals surface area contributed by atoms with Crippen LogP contribution in [0.25, 0.3) is 10.9 Å². The van der Waals surface area contributed by atoms with Crippen LogP contribution in [0.3, 0.4) is 0 Å². The van der Waals surface area contributed by atoms with Crippen molar-refractivity contribution in [3.8, 4) is 0 Å². The van der Waals surface area contributed by atoms with Gasteiger partial charge in [0.1, 0.15) is 0 Å². The van der Waals surface area contributed by atoms with Crippen molar-refractivity contribution in [3.05, 3.63) is 70.8 Å². The van der Waals surface area contributed by atoms with Crippen LogP contribution in [0.5, 0.6) is 0 Å². The Balaban J connectivity index is 0.000000342. The Hall–Kier alpha value is -3.07. The number of carbonyl (C=O) groups is 1. The van der Waals surface area contributed by atoms with Crippen molar-refractivity contribution in [1.82, 2.24) is 19.4 Å². The lowest BCUT2D eigenvalue weighted by atomic mass is 9.97. The van der Waals surface area contributed by atoms with Gasteiger partial charge in [-0.25, -0.2) is 0 Å². The predicted molar refractivity (Wildman–Crippen MR) is 138 cm³/mol. The molecule has 1 saturated heterocycles. The summed E-state index contributed by atoms with van der Waals surface area (Å²) in [5.74, 6) is 0.248. The van der Waals surface area contributed by atoms with E-state index in [0.29, 0.717) is 19.1 Å². The first kappa shape index (κ1) is 27.0. The number of pyridine rings is 1. The quantitative estimate of drug-likeness (QED) is 0.488. The Bertz CT molecular complexity index is 1240. The maximum absolute atomic E-state index is 13.2. The number of alkyl halides is 3. The summed E-state index contributed by atoms with van der Waals surface area (Å²) in [5.41, 5.74) is 2.00. The van der Waals surface area contributed by atoms with Gasteiger partial charge in [0.2, 0.25) is 11.5 Å². The molecule has 2 aromatic heterocycles. The van der Waals surface area contributed by atoms with Gasteiger partial charge in [-0.2, -0.15) is 13.2 Å². The summed E-state index contributed by atoms with van der Waals surface area (Å²) in [5, 5.41) is 4.35. The minimum Gasteiger partial charge on any atom is -0.347 e. The highest BCUT2D eigenvalue weighted by Crippen LogP contribution is 2.33. The third kappa shape index (κ3) is 7.47. The number of nitrogens with zero attached hydrogens (tertiary/aromatic N) is 3. The SMILES string of the molecule is Cn1ccccc1=O.O=C(C1CCCNC1)N(Cc1cn(CCCC(F)(F)F)c2ccccc12)C1CC1. The average molecular weight is 517 g/mol. The Labute approximate surface area is 215 Å².